The Hall–Kier alpha value is -3.80. The monoisotopic (exact) mass is 356 g/mol. The van der Waals surface area contributed by atoms with Crippen LogP contribution in [0.2, 0.25) is 0 Å². The van der Waals surface area contributed by atoms with E-state index in [-0.39, 0.29) is 11.6 Å². The van der Waals surface area contributed by atoms with Gasteiger partial charge in [-0.3, -0.25) is 4.40 Å². The molecule has 0 aliphatic carbocycles. The van der Waals surface area contributed by atoms with Crippen molar-refractivity contribution >= 4 is 16.6 Å². The first-order valence-corrected chi connectivity index (χ1v) is 8.56. The molecule has 5 aromatic rings. The number of hydrogen-bond acceptors (Lipinski definition) is 4. The second kappa shape index (κ2) is 5.60. The number of aromatic amines is 1. The van der Waals surface area contributed by atoms with Gasteiger partial charge < -0.3 is 15.2 Å². The van der Waals surface area contributed by atoms with Crippen molar-refractivity contribution in [3.63, 3.8) is 0 Å². The summed E-state index contributed by atoms with van der Waals surface area (Å²) < 4.78 is 1.65. The van der Waals surface area contributed by atoms with Gasteiger partial charge in [0.1, 0.15) is 17.1 Å². The summed E-state index contributed by atoms with van der Waals surface area (Å²) in [5.41, 5.74) is 5.23. The number of imidazole rings is 1. The van der Waals surface area contributed by atoms with Gasteiger partial charge in [0.25, 0.3) is 0 Å². The Balaban J connectivity index is 1.84. The standard InChI is InChI=1S/C21H16N4O2/c1-12-21(27)25-11-18(16-10-22-17-5-3-2-4-15(16)17)24-19(20(25)23-12)13-6-8-14(26)9-7-13/h2-11,22,26-27H,1H3. The molecule has 0 fully saturated rings. The molecular weight excluding hydrogens is 340 g/mol. The highest BCUT2D eigenvalue weighted by atomic mass is 16.3. The normalized spacial score (nSPS) is 11.4. The minimum atomic E-state index is 0.0912. The summed E-state index contributed by atoms with van der Waals surface area (Å²) in [4.78, 5) is 12.6. The number of para-hydroxylation sites is 1. The van der Waals surface area contributed by atoms with Gasteiger partial charge in [0.2, 0.25) is 5.88 Å². The maximum absolute atomic E-state index is 10.5. The van der Waals surface area contributed by atoms with Crippen molar-refractivity contribution in [2.45, 2.75) is 6.92 Å². The summed E-state index contributed by atoms with van der Waals surface area (Å²) in [6, 6.07) is 14.8. The van der Waals surface area contributed by atoms with Gasteiger partial charge in [0.05, 0.1) is 5.69 Å². The number of H-pyrrole nitrogens is 1. The number of aromatic hydroxyl groups is 2. The van der Waals surface area contributed by atoms with Crippen molar-refractivity contribution < 1.29 is 10.2 Å². The van der Waals surface area contributed by atoms with Gasteiger partial charge in [-0.05, 0) is 37.3 Å². The molecule has 0 amide bonds. The Kier molecular flexibility index (Phi) is 3.21. The number of hydrogen-bond donors (Lipinski definition) is 3. The van der Waals surface area contributed by atoms with E-state index in [0.29, 0.717) is 17.0 Å². The summed E-state index contributed by atoms with van der Waals surface area (Å²) in [6.45, 7) is 1.76. The molecular formula is C21H16N4O2. The van der Waals surface area contributed by atoms with Gasteiger partial charge in [0.15, 0.2) is 5.65 Å². The smallest absolute Gasteiger partial charge is 0.219 e. The van der Waals surface area contributed by atoms with E-state index < -0.39 is 0 Å². The van der Waals surface area contributed by atoms with Crippen LogP contribution >= 0.6 is 0 Å². The van der Waals surface area contributed by atoms with Crippen LogP contribution in [-0.2, 0) is 0 Å². The van der Waals surface area contributed by atoms with E-state index in [1.54, 1.807) is 41.8 Å². The average Bonchev–Trinajstić information content (AvgIpc) is 3.24. The van der Waals surface area contributed by atoms with E-state index in [4.69, 9.17) is 4.98 Å². The molecule has 0 bridgehead atoms. The zero-order chi connectivity index (χ0) is 18.5. The largest absolute Gasteiger partial charge is 0.508 e. The Bertz CT molecular complexity index is 1300. The fraction of sp³-hybridized carbons (Fsp3) is 0.0476. The van der Waals surface area contributed by atoms with Crippen LogP contribution in [0.15, 0.2) is 60.9 Å². The molecule has 5 rings (SSSR count). The minimum Gasteiger partial charge on any atom is -0.508 e. The van der Waals surface area contributed by atoms with Crippen LogP contribution in [0.25, 0.3) is 39.1 Å². The first kappa shape index (κ1) is 15.5. The fourth-order valence-corrected chi connectivity index (χ4v) is 3.37. The van der Waals surface area contributed by atoms with Gasteiger partial charge in [-0.2, -0.15) is 0 Å². The molecule has 3 aromatic heterocycles. The Morgan fingerprint density at radius 3 is 2.56 bits per heavy atom. The van der Waals surface area contributed by atoms with Crippen LogP contribution in [0.4, 0.5) is 0 Å². The van der Waals surface area contributed by atoms with Crippen molar-refractivity contribution in [1.82, 2.24) is 19.4 Å². The van der Waals surface area contributed by atoms with Crippen LogP contribution in [0.1, 0.15) is 5.69 Å². The van der Waals surface area contributed by atoms with E-state index >= 15 is 0 Å². The Morgan fingerprint density at radius 2 is 1.74 bits per heavy atom. The quantitative estimate of drug-likeness (QED) is 0.441. The van der Waals surface area contributed by atoms with Gasteiger partial charge in [-0.25, -0.2) is 9.97 Å². The molecule has 3 heterocycles. The van der Waals surface area contributed by atoms with Crippen molar-refractivity contribution in [2.24, 2.45) is 0 Å². The zero-order valence-electron chi connectivity index (χ0n) is 14.5. The van der Waals surface area contributed by atoms with E-state index in [1.165, 1.54) is 0 Å². The van der Waals surface area contributed by atoms with Crippen molar-refractivity contribution in [1.29, 1.82) is 0 Å². The molecule has 0 radical (unpaired) electrons. The summed E-state index contributed by atoms with van der Waals surface area (Å²) >= 11 is 0. The number of fused-ring (bicyclic) bond motifs is 2. The van der Waals surface area contributed by atoms with Crippen LogP contribution < -0.4 is 0 Å². The van der Waals surface area contributed by atoms with E-state index in [0.717, 1.165) is 27.7 Å². The molecule has 2 aromatic carbocycles. The van der Waals surface area contributed by atoms with Gasteiger partial charge >= 0.3 is 0 Å². The first-order valence-electron chi connectivity index (χ1n) is 8.56. The minimum absolute atomic E-state index is 0.0912. The van der Waals surface area contributed by atoms with Crippen molar-refractivity contribution in [3.05, 3.63) is 66.6 Å². The topological polar surface area (TPSA) is 86.4 Å². The Labute approximate surface area is 154 Å². The van der Waals surface area contributed by atoms with E-state index in [9.17, 15) is 10.2 Å². The second-order valence-corrected chi connectivity index (χ2v) is 6.48. The lowest BCUT2D eigenvalue weighted by atomic mass is 10.1. The summed E-state index contributed by atoms with van der Waals surface area (Å²) in [7, 11) is 0. The van der Waals surface area contributed by atoms with Crippen LogP contribution in [-0.4, -0.2) is 29.6 Å². The molecule has 3 N–H and O–H groups in total. The molecule has 0 aliphatic heterocycles. The average molecular weight is 356 g/mol. The van der Waals surface area contributed by atoms with Crippen LogP contribution in [0, 0.1) is 6.92 Å². The van der Waals surface area contributed by atoms with Crippen LogP contribution in [0.5, 0.6) is 11.6 Å². The number of nitrogens with one attached hydrogen (secondary N) is 1. The molecule has 0 saturated carbocycles. The maximum atomic E-state index is 10.5. The summed E-state index contributed by atoms with van der Waals surface area (Å²) in [5, 5.41) is 21.1. The molecule has 0 unspecified atom stereocenters. The predicted molar refractivity (Wildman–Crippen MR) is 104 cm³/mol. The highest BCUT2D eigenvalue weighted by molar-refractivity contribution is 5.95. The molecule has 132 valence electrons. The maximum Gasteiger partial charge on any atom is 0.219 e. The molecule has 0 aliphatic rings. The number of nitrogens with zero attached hydrogens (tertiary/aromatic N) is 3. The second-order valence-electron chi connectivity index (χ2n) is 6.48. The number of rotatable bonds is 2. The van der Waals surface area contributed by atoms with E-state index in [1.807, 2.05) is 30.5 Å². The lowest BCUT2D eigenvalue weighted by Crippen LogP contribution is -1.96. The molecule has 27 heavy (non-hydrogen) atoms. The number of aryl methyl sites for hydroxylation is 1. The van der Waals surface area contributed by atoms with Gasteiger partial charge in [0, 0.05) is 34.4 Å². The molecule has 6 heteroatoms. The lowest BCUT2D eigenvalue weighted by Gasteiger charge is -2.08. The number of phenols is 1. The molecule has 0 spiro atoms. The molecule has 0 saturated heterocycles. The molecule has 0 atom stereocenters. The fourth-order valence-electron chi connectivity index (χ4n) is 3.37. The Morgan fingerprint density at radius 1 is 0.963 bits per heavy atom. The zero-order valence-corrected chi connectivity index (χ0v) is 14.5. The van der Waals surface area contributed by atoms with Crippen molar-refractivity contribution in [2.75, 3.05) is 0 Å². The third-order valence-electron chi connectivity index (χ3n) is 4.75. The summed E-state index contributed by atoms with van der Waals surface area (Å²) in [6.07, 6.45) is 3.71. The number of benzene rings is 2. The predicted octanol–water partition coefficient (Wildman–Crippen LogP) is 4.26. The van der Waals surface area contributed by atoms with Gasteiger partial charge in [-0.15, -0.1) is 0 Å². The van der Waals surface area contributed by atoms with E-state index in [2.05, 4.69) is 9.97 Å². The summed E-state index contributed by atoms with van der Waals surface area (Å²) in [5.74, 6) is 0.276. The van der Waals surface area contributed by atoms with Crippen molar-refractivity contribution in [3.8, 4) is 34.1 Å². The SMILES string of the molecule is Cc1nc2c(-c3ccc(O)cc3)nc(-c3c[nH]c4ccccc34)cn2c1O. The van der Waals surface area contributed by atoms with Crippen LogP contribution in [0.3, 0.4) is 0 Å². The highest BCUT2D eigenvalue weighted by Gasteiger charge is 2.17. The lowest BCUT2D eigenvalue weighted by molar-refractivity contribution is 0.444. The highest BCUT2D eigenvalue weighted by Crippen LogP contribution is 2.33. The van der Waals surface area contributed by atoms with Gasteiger partial charge in [-0.1, -0.05) is 18.2 Å². The number of aromatic nitrogens is 4. The number of phenolic OH excluding ortho intramolecular Hbond substituents is 1. The third kappa shape index (κ3) is 2.34. The molecule has 6 nitrogen and oxygen atoms in total. The third-order valence-corrected chi connectivity index (χ3v) is 4.75. The first-order chi connectivity index (χ1) is 13.1.